The molecule has 0 saturated heterocycles. The molecular weight excluding hydrogens is 219 g/mol. The maximum absolute atomic E-state index is 13.7. The van der Waals surface area contributed by atoms with Crippen LogP contribution >= 0.6 is 0 Å². The first-order valence-electron chi connectivity index (χ1n) is 6.18. The lowest BCUT2D eigenvalue weighted by Gasteiger charge is -2.27. The largest absolute Gasteiger partial charge is 0.377 e. The van der Waals surface area contributed by atoms with Crippen LogP contribution in [0.25, 0.3) is 0 Å². The molecule has 0 saturated carbocycles. The fourth-order valence-electron chi connectivity index (χ4n) is 1.96. The standard InChI is InChI=1S/C13H21FN2O/c1-4-12(17-6-3)13(16-5-2)10-7-8-15-9-11(10)14/h7-9,12-13,16H,4-6H2,1-3H3. The SMILES string of the molecule is CCNC(c1ccncc1F)C(CC)OCC. The Morgan fingerprint density at radius 3 is 2.71 bits per heavy atom. The van der Waals surface area contributed by atoms with Crippen molar-refractivity contribution < 1.29 is 9.13 Å². The summed E-state index contributed by atoms with van der Waals surface area (Å²) in [6, 6.07) is 1.59. The van der Waals surface area contributed by atoms with Crippen molar-refractivity contribution in [2.75, 3.05) is 13.2 Å². The number of nitrogens with zero attached hydrogens (tertiary/aromatic N) is 1. The Bertz CT molecular complexity index is 333. The van der Waals surface area contributed by atoms with E-state index in [-0.39, 0.29) is 18.0 Å². The Labute approximate surface area is 102 Å². The zero-order chi connectivity index (χ0) is 12.7. The number of pyridine rings is 1. The molecule has 0 aromatic carbocycles. The lowest BCUT2D eigenvalue weighted by atomic mass is 10.00. The zero-order valence-corrected chi connectivity index (χ0v) is 10.7. The summed E-state index contributed by atoms with van der Waals surface area (Å²) in [4.78, 5) is 3.77. The van der Waals surface area contributed by atoms with Gasteiger partial charge in [0, 0.05) is 18.4 Å². The first kappa shape index (κ1) is 14.1. The minimum atomic E-state index is -0.281. The smallest absolute Gasteiger partial charge is 0.146 e. The molecular formula is C13H21FN2O. The van der Waals surface area contributed by atoms with Crippen molar-refractivity contribution in [3.63, 3.8) is 0 Å². The second-order valence-electron chi connectivity index (χ2n) is 3.83. The van der Waals surface area contributed by atoms with Gasteiger partial charge < -0.3 is 10.1 Å². The fraction of sp³-hybridized carbons (Fsp3) is 0.615. The normalized spacial score (nSPS) is 14.6. The fourth-order valence-corrected chi connectivity index (χ4v) is 1.96. The van der Waals surface area contributed by atoms with Crippen molar-refractivity contribution in [2.24, 2.45) is 0 Å². The van der Waals surface area contributed by atoms with E-state index in [0.717, 1.165) is 13.0 Å². The van der Waals surface area contributed by atoms with Gasteiger partial charge in [-0.15, -0.1) is 0 Å². The minimum absolute atomic E-state index is 0.0168. The predicted octanol–water partition coefficient (Wildman–Crippen LogP) is 2.69. The van der Waals surface area contributed by atoms with Crippen LogP contribution in [0.5, 0.6) is 0 Å². The van der Waals surface area contributed by atoms with Gasteiger partial charge in [-0.1, -0.05) is 13.8 Å². The molecule has 1 aromatic heterocycles. The van der Waals surface area contributed by atoms with Crippen LogP contribution < -0.4 is 5.32 Å². The van der Waals surface area contributed by atoms with Crippen molar-refractivity contribution in [3.8, 4) is 0 Å². The predicted molar refractivity (Wildman–Crippen MR) is 66.3 cm³/mol. The number of hydrogen-bond acceptors (Lipinski definition) is 3. The maximum atomic E-state index is 13.7. The monoisotopic (exact) mass is 240 g/mol. The molecule has 1 rings (SSSR count). The molecule has 0 aliphatic carbocycles. The summed E-state index contributed by atoms with van der Waals surface area (Å²) in [5.74, 6) is -0.281. The van der Waals surface area contributed by atoms with Gasteiger partial charge in [-0.05, 0) is 26.0 Å². The van der Waals surface area contributed by atoms with Crippen LogP contribution in [0, 0.1) is 5.82 Å². The highest BCUT2D eigenvalue weighted by Crippen LogP contribution is 2.23. The number of likely N-dealkylation sites (N-methyl/N-ethyl adjacent to an activating group) is 1. The van der Waals surface area contributed by atoms with Crippen molar-refractivity contribution in [1.82, 2.24) is 10.3 Å². The summed E-state index contributed by atoms with van der Waals surface area (Å²) in [5, 5.41) is 3.28. The van der Waals surface area contributed by atoms with Gasteiger partial charge in [0.15, 0.2) is 0 Å². The van der Waals surface area contributed by atoms with E-state index in [2.05, 4.69) is 10.3 Å². The number of nitrogens with one attached hydrogen (secondary N) is 1. The van der Waals surface area contributed by atoms with E-state index >= 15 is 0 Å². The summed E-state index contributed by atoms with van der Waals surface area (Å²) in [6.45, 7) is 7.41. The summed E-state index contributed by atoms with van der Waals surface area (Å²) in [5.41, 5.74) is 0.627. The lowest BCUT2D eigenvalue weighted by molar-refractivity contribution is 0.0309. The molecule has 1 heterocycles. The Morgan fingerprint density at radius 1 is 1.41 bits per heavy atom. The minimum Gasteiger partial charge on any atom is -0.377 e. The van der Waals surface area contributed by atoms with Crippen molar-refractivity contribution in [3.05, 3.63) is 29.8 Å². The number of hydrogen-bond donors (Lipinski definition) is 1. The van der Waals surface area contributed by atoms with Crippen LogP contribution in [0.4, 0.5) is 4.39 Å². The molecule has 4 heteroatoms. The Kier molecular flexibility index (Phi) is 6.08. The van der Waals surface area contributed by atoms with E-state index in [1.165, 1.54) is 6.20 Å². The highest BCUT2D eigenvalue weighted by atomic mass is 19.1. The van der Waals surface area contributed by atoms with E-state index in [1.807, 2.05) is 20.8 Å². The third kappa shape index (κ3) is 3.75. The molecule has 0 amide bonds. The molecule has 0 bridgehead atoms. The van der Waals surface area contributed by atoms with Crippen molar-refractivity contribution in [1.29, 1.82) is 0 Å². The second-order valence-corrected chi connectivity index (χ2v) is 3.83. The lowest BCUT2D eigenvalue weighted by Crippen LogP contribution is -2.34. The van der Waals surface area contributed by atoms with Gasteiger partial charge in [0.1, 0.15) is 5.82 Å². The molecule has 0 fully saturated rings. The second kappa shape index (κ2) is 7.35. The quantitative estimate of drug-likeness (QED) is 0.795. The first-order chi connectivity index (χ1) is 8.24. The van der Waals surface area contributed by atoms with E-state index in [0.29, 0.717) is 12.2 Å². The van der Waals surface area contributed by atoms with Gasteiger partial charge in [0.05, 0.1) is 18.3 Å². The maximum Gasteiger partial charge on any atom is 0.146 e. The molecule has 0 spiro atoms. The van der Waals surface area contributed by atoms with Crippen LogP contribution in [0.3, 0.4) is 0 Å². The Balaban J connectivity index is 2.94. The van der Waals surface area contributed by atoms with Crippen LogP contribution in [0.15, 0.2) is 18.5 Å². The Hall–Kier alpha value is -1.00. The van der Waals surface area contributed by atoms with Gasteiger partial charge in [0.25, 0.3) is 0 Å². The zero-order valence-electron chi connectivity index (χ0n) is 10.7. The average molecular weight is 240 g/mol. The first-order valence-corrected chi connectivity index (χ1v) is 6.18. The van der Waals surface area contributed by atoms with Gasteiger partial charge in [-0.3, -0.25) is 4.98 Å². The van der Waals surface area contributed by atoms with Crippen molar-refractivity contribution >= 4 is 0 Å². The molecule has 2 atom stereocenters. The molecule has 3 nitrogen and oxygen atoms in total. The number of aromatic nitrogens is 1. The molecule has 1 aromatic rings. The molecule has 0 radical (unpaired) electrons. The third-order valence-electron chi connectivity index (χ3n) is 2.72. The van der Waals surface area contributed by atoms with E-state index in [1.54, 1.807) is 12.3 Å². The van der Waals surface area contributed by atoms with E-state index < -0.39 is 0 Å². The van der Waals surface area contributed by atoms with Crippen LogP contribution in [-0.4, -0.2) is 24.2 Å². The summed E-state index contributed by atoms with van der Waals surface area (Å²) in [7, 11) is 0. The van der Waals surface area contributed by atoms with E-state index in [9.17, 15) is 4.39 Å². The summed E-state index contributed by atoms with van der Waals surface area (Å²) < 4.78 is 19.4. The van der Waals surface area contributed by atoms with Crippen molar-refractivity contribution in [2.45, 2.75) is 39.3 Å². The van der Waals surface area contributed by atoms with Crippen LogP contribution in [-0.2, 0) is 4.74 Å². The average Bonchev–Trinajstić information content (AvgIpc) is 2.34. The van der Waals surface area contributed by atoms with Crippen LogP contribution in [0.1, 0.15) is 38.8 Å². The number of rotatable bonds is 7. The number of ether oxygens (including phenoxy) is 1. The third-order valence-corrected chi connectivity index (χ3v) is 2.72. The topological polar surface area (TPSA) is 34.2 Å². The number of halogens is 1. The molecule has 0 aliphatic heterocycles. The molecule has 17 heavy (non-hydrogen) atoms. The van der Waals surface area contributed by atoms with E-state index in [4.69, 9.17) is 4.74 Å². The van der Waals surface area contributed by atoms with Gasteiger partial charge >= 0.3 is 0 Å². The summed E-state index contributed by atoms with van der Waals surface area (Å²) >= 11 is 0. The van der Waals surface area contributed by atoms with Gasteiger partial charge in [0.2, 0.25) is 0 Å². The van der Waals surface area contributed by atoms with Gasteiger partial charge in [-0.25, -0.2) is 4.39 Å². The highest BCUT2D eigenvalue weighted by Gasteiger charge is 2.23. The molecule has 1 N–H and O–H groups in total. The van der Waals surface area contributed by atoms with Crippen LogP contribution in [0.2, 0.25) is 0 Å². The van der Waals surface area contributed by atoms with Gasteiger partial charge in [-0.2, -0.15) is 0 Å². The molecule has 96 valence electrons. The summed E-state index contributed by atoms with van der Waals surface area (Å²) in [6.07, 6.45) is 3.68. The highest BCUT2D eigenvalue weighted by molar-refractivity contribution is 5.19. The Morgan fingerprint density at radius 2 is 2.18 bits per heavy atom. The molecule has 0 aliphatic rings. The molecule has 2 unspecified atom stereocenters.